The van der Waals surface area contributed by atoms with Crippen molar-refractivity contribution in [1.82, 2.24) is 9.97 Å². The van der Waals surface area contributed by atoms with Crippen LogP contribution in [0.3, 0.4) is 0 Å². The lowest BCUT2D eigenvalue weighted by Crippen LogP contribution is -2.18. The van der Waals surface area contributed by atoms with Gasteiger partial charge in [-0.05, 0) is 19.3 Å². The number of hydrogen-bond acceptors (Lipinski definition) is 3. The topological polar surface area (TPSA) is 55.0 Å². The van der Waals surface area contributed by atoms with Crippen molar-refractivity contribution in [2.24, 2.45) is 0 Å². The molecular formula is C9H12N2O2. The Bertz CT molecular complexity index is 328. The first-order valence-corrected chi connectivity index (χ1v) is 4.53. The van der Waals surface area contributed by atoms with Crippen LogP contribution in [0.15, 0.2) is 17.1 Å². The minimum Gasteiger partial charge on any atom is -0.370 e. The fourth-order valence-electron chi connectivity index (χ4n) is 1.51. The zero-order valence-corrected chi connectivity index (χ0v) is 7.32. The molecule has 4 heteroatoms. The standard InChI is InChI=1S/C9H12N2O2/c12-8-4-5-10-9(11-8)7-3-1-2-6-13-7/h4-5,7H,1-3,6H2,(H,10,11,12). The van der Waals surface area contributed by atoms with Gasteiger partial charge < -0.3 is 9.72 Å². The van der Waals surface area contributed by atoms with Gasteiger partial charge in [-0.3, -0.25) is 4.79 Å². The first kappa shape index (κ1) is 8.44. The van der Waals surface area contributed by atoms with E-state index >= 15 is 0 Å². The Morgan fingerprint density at radius 3 is 3.15 bits per heavy atom. The fraction of sp³-hybridized carbons (Fsp3) is 0.556. The molecule has 1 aromatic heterocycles. The van der Waals surface area contributed by atoms with Crippen molar-refractivity contribution in [3.8, 4) is 0 Å². The first-order chi connectivity index (χ1) is 6.36. The van der Waals surface area contributed by atoms with Crippen molar-refractivity contribution in [2.75, 3.05) is 6.61 Å². The Balaban J connectivity index is 2.19. The summed E-state index contributed by atoms with van der Waals surface area (Å²) in [7, 11) is 0. The Morgan fingerprint density at radius 2 is 2.46 bits per heavy atom. The molecule has 0 aliphatic carbocycles. The summed E-state index contributed by atoms with van der Waals surface area (Å²) in [6.07, 6.45) is 4.71. The maximum atomic E-state index is 11.0. The quantitative estimate of drug-likeness (QED) is 0.701. The van der Waals surface area contributed by atoms with Crippen LogP contribution in [0.1, 0.15) is 31.2 Å². The van der Waals surface area contributed by atoms with Gasteiger partial charge >= 0.3 is 0 Å². The fourth-order valence-corrected chi connectivity index (χ4v) is 1.51. The van der Waals surface area contributed by atoms with Crippen LogP contribution in [0.5, 0.6) is 0 Å². The van der Waals surface area contributed by atoms with E-state index in [1.807, 2.05) is 0 Å². The number of ether oxygens (including phenoxy) is 1. The van der Waals surface area contributed by atoms with Gasteiger partial charge in [-0.25, -0.2) is 4.98 Å². The molecule has 0 spiro atoms. The second-order valence-corrected chi connectivity index (χ2v) is 3.17. The highest BCUT2D eigenvalue weighted by atomic mass is 16.5. The molecule has 2 heterocycles. The number of nitrogens with zero attached hydrogens (tertiary/aromatic N) is 1. The average Bonchev–Trinajstić information content (AvgIpc) is 2.19. The van der Waals surface area contributed by atoms with Crippen LogP contribution < -0.4 is 5.56 Å². The van der Waals surface area contributed by atoms with Gasteiger partial charge in [0.15, 0.2) is 0 Å². The van der Waals surface area contributed by atoms with Crippen molar-refractivity contribution in [1.29, 1.82) is 0 Å². The van der Waals surface area contributed by atoms with Gasteiger partial charge in [0.05, 0.1) is 0 Å². The highest BCUT2D eigenvalue weighted by Gasteiger charge is 2.17. The summed E-state index contributed by atoms with van der Waals surface area (Å²) >= 11 is 0. The van der Waals surface area contributed by atoms with Crippen molar-refractivity contribution in [3.63, 3.8) is 0 Å². The number of H-pyrrole nitrogens is 1. The second kappa shape index (κ2) is 3.70. The number of nitrogens with one attached hydrogen (secondary N) is 1. The number of rotatable bonds is 1. The third-order valence-corrected chi connectivity index (χ3v) is 2.18. The van der Waals surface area contributed by atoms with Crippen molar-refractivity contribution >= 4 is 0 Å². The summed E-state index contributed by atoms with van der Waals surface area (Å²) in [6.45, 7) is 0.767. The molecule has 13 heavy (non-hydrogen) atoms. The molecule has 1 unspecified atom stereocenters. The summed E-state index contributed by atoms with van der Waals surface area (Å²) in [6, 6.07) is 1.41. The Kier molecular flexibility index (Phi) is 2.40. The lowest BCUT2D eigenvalue weighted by molar-refractivity contribution is 0.00929. The van der Waals surface area contributed by atoms with Crippen LogP contribution >= 0.6 is 0 Å². The predicted molar refractivity (Wildman–Crippen MR) is 47.4 cm³/mol. The van der Waals surface area contributed by atoms with Gasteiger partial charge in [0.25, 0.3) is 5.56 Å². The van der Waals surface area contributed by atoms with Gasteiger partial charge in [0.2, 0.25) is 0 Å². The summed E-state index contributed by atoms with van der Waals surface area (Å²) in [4.78, 5) is 17.7. The highest BCUT2D eigenvalue weighted by Crippen LogP contribution is 2.23. The molecule has 1 atom stereocenters. The van der Waals surface area contributed by atoms with Crippen molar-refractivity contribution in [3.05, 3.63) is 28.4 Å². The smallest absolute Gasteiger partial charge is 0.250 e. The number of aromatic amines is 1. The summed E-state index contributed by atoms with van der Waals surface area (Å²) in [5, 5.41) is 0. The van der Waals surface area contributed by atoms with E-state index in [0.29, 0.717) is 5.82 Å². The van der Waals surface area contributed by atoms with Crippen LogP contribution in [0.4, 0.5) is 0 Å². The van der Waals surface area contributed by atoms with Crippen LogP contribution in [-0.4, -0.2) is 16.6 Å². The molecule has 2 rings (SSSR count). The van der Waals surface area contributed by atoms with E-state index in [-0.39, 0.29) is 11.7 Å². The molecule has 0 saturated carbocycles. The van der Waals surface area contributed by atoms with E-state index in [1.165, 1.54) is 12.3 Å². The van der Waals surface area contributed by atoms with Gasteiger partial charge in [0.1, 0.15) is 11.9 Å². The lowest BCUT2D eigenvalue weighted by atomic mass is 10.1. The lowest BCUT2D eigenvalue weighted by Gasteiger charge is -2.21. The molecule has 1 aliphatic rings. The largest absolute Gasteiger partial charge is 0.370 e. The molecule has 1 aliphatic heterocycles. The molecule has 1 saturated heterocycles. The molecule has 0 radical (unpaired) electrons. The second-order valence-electron chi connectivity index (χ2n) is 3.17. The summed E-state index contributed by atoms with van der Waals surface area (Å²) in [5.41, 5.74) is -0.112. The van der Waals surface area contributed by atoms with E-state index in [1.54, 1.807) is 0 Å². The molecule has 0 aromatic carbocycles. The van der Waals surface area contributed by atoms with Crippen LogP contribution in [0, 0.1) is 0 Å². The van der Waals surface area contributed by atoms with Gasteiger partial charge in [-0.2, -0.15) is 0 Å². The molecule has 1 aromatic rings. The zero-order valence-electron chi connectivity index (χ0n) is 7.32. The molecular weight excluding hydrogens is 168 g/mol. The van der Waals surface area contributed by atoms with Crippen molar-refractivity contribution < 1.29 is 4.74 Å². The van der Waals surface area contributed by atoms with Crippen molar-refractivity contribution in [2.45, 2.75) is 25.4 Å². The minimum absolute atomic E-state index is 0.0114. The number of hydrogen-bond donors (Lipinski definition) is 1. The molecule has 0 bridgehead atoms. The predicted octanol–water partition coefficient (Wildman–Crippen LogP) is 1.01. The molecule has 0 amide bonds. The Hall–Kier alpha value is -1.16. The normalized spacial score (nSPS) is 22.9. The molecule has 1 fully saturated rings. The Labute approximate surface area is 76.0 Å². The SMILES string of the molecule is O=c1ccnc(C2CCCCO2)[nH]1. The van der Waals surface area contributed by atoms with E-state index < -0.39 is 0 Å². The molecule has 70 valence electrons. The summed E-state index contributed by atoms with van der Waals surface area (Å²) in [5.74, 6) is 0.659. The van der Waals surface area contributed by atoms with Crippen LogP contribution in [-0.2, 0) is 4.74 Å². The average molecular weight is 180 g/mol. The Morgan fingerprint density at radius 1 is 1.54 bits per heavy atom. The molecule has 1 N–H and O–H groups in total. The third kappa shape index (κ3) is 1.95. The van der Waals surface area contributed by atoms with Gasteiger partial charge in [-0.15, -0.1) is 0 Å². The van der Waals surface area contributed by atoms with E-state index in [4.69, 9.17) is 4.74 Å². The number of aromatic nitrogens is 2. The monoisotopic (exact) mass is 180 g/mol. The van der Waals surface area contributed by atoms with Gasteiger partial charge in [0, 0.05) is 18.9 Å². The maximum absolute atomic E-state index is 11.0. The molecule has 4 nitrogen and oxygen atoms in total. The highest BCUT2D eigenvalue weighted by molar-refractivity contribution is 4.94. The first-order valence-electron chi connectivity index (χ1n) is 4.53. The summed E-state index contributed by atoms with van der Waals surface area (Å²) < 4.78 is 5.49. The maximum Gasteiger partial charge on any atom is 0.250 e. The van der Waals surface area contributed by atoms with Gasteiger partial charge in [-0.1, -0.05) is 0 Å². The minimum atomic E-state index is -0.112. The van der Waals surface area contributed by atoms with Crippen LogP contribution in [0.2, 0.25) is 0 Å². The van der Waals surface area contributed by atoms with Crippen LogP contribution in [0.25, 0.3) is 0 Å². The van der Waals surface area contributed by atoms with E-state index in [2.05, 4.69) is 9.97 Å². The third-order valence-electron chi connectivity index (χ3n) is 2.18. The zero-order chi connectivity index (χ0) is 9.10. The van der Waals surface area contributed by atoms with E-state index in [9.17, 15) is 4.79 Å². The van der Waals surface area contributed by atoms with E-state index in [0.717, 1.165) is 25.9 Å².